The van der Waals surface area contributed by atoms with Crippen LogP contribution >= 0.6 is 0 Å². The SMILES string of the molecule is O=C(NCCC1CCCCC1)NC1=Nc2ccc(C(=O)c3ccccc3)cc2C1. The first-order valence-electron chi connectivity index (χ1n) is 10.5. The summed E-state index contributed by atoms with van der Waals surface area (Å²) in [5.41, 5.74) is 3.08. The second-order valence-corrected chi connectivity index (χ2v) is 7.95. The van der Waals surface area contributed by atoms with Crippen LogP contribution in [0.5, 0.6) is 0 Å². The predicted octanol–water partition coefficient (Wildman–Crippen LogP) is 4.77. The molecule has 0 atom stereocenters. The first kappa shape index (κ1) is 19.4. The summed E-state index contributed by atoms with van der Waals surface area (Å²) < 4.78 is 0. The van der Waals surface area contributed by atoms with Gasteiger partial charge in [-0.05, 0) is 36.1 Å². The molecule has 0 bridgehead atoms. The van der Waals surface area contributed by atoms with E-state index in [1.807, 2.05) is 42.5 Å². The molecule has 5 nitrogen and oxygen atoms in total. The van der Waals surface area contributed by atoms with Crippen LogP contribution in [0.2, 0.25) is 0 Å². The lowest BCUT2D eigenvalue weighted by molar-refractivity contribution is 0.103. The standard InChI is InChI=1S/C24H27N3O2/c28-23(18-9-5-2-6-10-18)19-11-12-21-20(15-19)16-22(26-21)27-24(29)25-14-13-17-7-3-1-4-8-17/h2,5-6,9-12,15,17H,1,3-4,7-8,13-14,16H2,(H2,25,26,27,29). The van der Waals surface area contributed by atoms with Crippen molar-refractivity contribution < 1.29 is 9.59 Å². The Balaban J connectivity index is 1.29. The zero-order valence-corrected chi connectivity index (χ0v) is 16.6. The van der Waals surface area contributed by atoms with Gasteiger partial charge in [-0.15, -0.1) is 0 Å². The van der Waals surface area contributed by atoms with Crippen molar-refractivity contribution in [2.24, 2.45) is 10.9 Å². The number of nitrogens with zero attached hydrogens (tertiary/aromatic N) is 1. The molecule has 1 heterocycles. The van der Waals surface area contributed by atoms with Crippen LogP contribution in [0.4, 0.5) is 10.5 Å². The summed E-state index contributed by atoms with van der Waals surface area (Å²) in [7, 11) is 0. The number of benzene rings is 2. The Morgan fingerprint density at radius 2 is 1.76 bits per heavy atom. The molecule has 4 rings (SSSR count). The third-order valence-corrected chi connectivity index (χ3v) is 5.81. The molecule has 0 unspecified atom stereocenters. The molecule has 5 heteroatoms. The summed E-state index contributed by atoms with van der Waals surface area (Å²) in [5.74, 6) is 1.37. The van der Waals surface area contributed by atoms with Gasteiger partial charge in [-0.3, -0.25) is 10.1 Å². The Morgan fingerprint density at radius 3 is 2.55 bits per heavy atom. The largest absolute Gasteiger partial charge is 0.338 e. The molecule has 2 aromatic carbocycles. The van der Waals surface area contributed by atoms with Crippen molar-refractivity contribution in [3.05, 3.63) is 65.2 Å². The fourth-order valence-electron chi connectivity index (χ4n) is 4.21. The van der Waals surface area contributed by atoms with E-state index in [0.717, 1.165) is 23.6 Å². The lowest BCUT2D eigenvalue weighted by Gasteiger charge is -2.21. The fourth-order valence-corrected chi connectivity index (χ4v) is 4.21. The highest BCUT2D eigenvalue weighted by atomic mass is 16.2. The number of hydrogen-bond acceptors (Lipinski definition) is 3. The van der Waals surface area contributed by atoms with Gasteiger partial charge < -0.3 is 5.32 Å². The quantitative estimate of drug-likeness (QED) is 0.723. The average molecular weight is 389 g/mol. The van der Waals surface area contributed by atoms with E-state index in [-0.39, 0.29) is 11.8 Å². The number of nitrogens with one attached hydrogen (secondary N) is 2. The second-order valence-electron chi connectivity index (χ2n) is 7.95. The topological polar surface area (TPSA) is 70.6 Å². The van der Waals surface area contributed by atoms with Crippen LogP contribution in [0.3, 0.4) is 0 Å². The number of amidine groups is 1. The lowest BCUT2D eigenvalue weighted by atomic mass is 9.87. The zero-order valence-electron chi connectivity index (χ0n) is 16.6. The molecule has 0 aromatic heterocycles. The average Bonchev–Trinajstić information content (AvgIpc) is 3.16. The van der Waals surface area contributed by atoms with Crippen molar-refractivity contribution in [2.45, 2.75) is 44.9 Å². The lowest BCUT2D eigenvalue weighted by Crippen LogP contribution is -2.40. The number of amides is 2. The molecular weight excluding hydrogens is 362 g/mol. The molecule has 0 radical (unpaired) electrons. The Labute approximate surface area is 171 Å². The van der Waals surface area contributed by atoms with E-state index in [0.29, 0.717) is 29.9 Å². The maximum Gasteiger partial charge on any atom is 0.320 e. The van der Waals surface area contributed by atoms with Crippen molar-refractivity contribution in [3.63, 3.8) is 0 Å². The highest BCUT2D eigenvalue weighted by Crippen LogP contribution is 2.28. The summed E-state index contributed by atoms with van der Waals surface area (Å²) in [6.45, 7) is 0.701. The summed E-state index contributed by atoms with van der Waals surface area (Å²) in [6.07, 6.45) is 8.14. The van der Waals surface area contributed by atoms with Crippen LogP contribution < -0.4 is 10.6 Å². The molecular formula is C24H27N3O2. The Kier molecular flexibility index (Phi) is 6.03. The summed E-state index contributed by atoms with van der Waals surface area (Å²) in [6, 6.07) is 14.6. The molecule has 29 heavy (non-hydrogen) atoms. The van der Waals surface area contributed by atoms with Crippen LogP contribution in [0.25, 0.3) is 0 Å². The number of fused-ring (bicyclic) bond motifs is 1. The van der Waals surface area contributed by atoms with E-state index < -0.39 is 0 Å². The smallest absolute Gasteiger partial charge is 0.320 e. The molecule has 2 aromatic rings. The van der Waals surface area contributed by atoms with Gasteiger partial charge in [-0.2, -0.15) is 0 Å². The van der Waals surface area contributed by atoms with Crippen molar-refractivity contribution in [1.29, 1.82) is 0 Å². The molecule has 2 aliphatic rings. The van der Waals surface area contributed by atoms with E-state index in [9.17, 15) is 9.59 Å². The Morgan fingerprint density at radius 1 is 0.966 bits per heavy atom. The van der Waals surface area contributed by atoms with Gasteiger partial charge in [0.25, 0.3) is 0 Å². The van der Waals surface area contributed by atoms with Crippen LogP contribution in [0.15, 0.2) is 53.5 Å². The monoisotopic (exact) mass is 389 g/mol. The Hall–Kier alpha value is -2.95. The van der Waals surface area contributed by atoms with Gasteiger partial charge in [0.1, 0.15) is 5.84 Å². The number of carbonyl (C=O) groups excluding carboxylic acids is 2. The number of rotatable bonds is 5. The zero-order chi connectivity index (χ0) is 20.1. The van der Waals surface area contributed by atoms with Gasteiger partial charge in [-0.1, -0.05) is 62.4 Å². The number of hydrogen-bond donors (Lipinski definition) is 2. The minimum Gasteiger partial charge on any atom is -0.338 e. The van der Waals surface area contributed by atoms with E-state index in [1.54, 1.807) is 6.07 Å². The first-order valence-corrected chi connectivity index (χ1v) is 10.5. The van der Waals surface area contributed by atoms with Crippen molar-refractivity contribution in [3.8, 4) is 0 Å². The van der Waals surface area contributed by atoms with Crippen LogP contribution in [-0.2, 0) is 6.42 Å². The van der Waals surface area contributed by atoms with E-state index >= 15 is 0 Å². The van der Waals surface area contributed by atoms with Gasteiger partial charge in [-0.25, -0.2) is 9.79 Å². The molecule has 2 amide bonds. The minimum atomic E-state index is -0.201. The number of aliphatic imine (C=N–C) groups is 1. The normalized spacial score (nSPS) is 16.1. The third kappa shape index (κ3) is 4.91. The first-order chi connectivity index (χ1) is 14.2. The van der Waals surface area contributed by atoms with E-state index in [4.69, 9.17) is 0 Å². The van der Waals surface area contributed by atoms with Crippen LogP contribution in [0, 0.1) is 5.92 Å². The maximum atomic E-state index is 12.6. The molecule has 0 saturated heterocycles. The molecule has 150 valence electrons. The molecule has 1 aliphatic heterocycles. The predicted molar refractivity (Wildman–Crippen MR) is 115 cm³/mol. The third-order valence-electron chi connectivity index (χ3n) is 5.81. The summed E-state index contributed by atoms with van der Waals surface area (Å²) in [5, 5.41) is 5.81. The highest BCUT2D eigenvalue weighted by molar-refractivity contribution is 6.10. The number of carbonyl (C=O) groups is 2. The van der Waals surface area contributed by atoms with Gasteiger partial charge >= 0.3 is 6.03 Å². The fraction of sp³-hybridized carbons (Fsp3) is 0.375. The van der Waals surface area contributed by atoms with Crippen molar-refractivity contribution >= 4 is 23.3 Å². The van der Waals surface area contributed by atoms with Gasteiger partial charge in [0.15, 0.2) is 5.78 Å². The molecule has 1 saturated carbocycles. The van der Waals surface area contributed by atoms with Crippen LogP contribution in [0.1, 0.15) is 60.0 Å². The highest BCUT2D eigenvalue weighted by Gasteiger charge is 2.19. The maximum absolute atomic E-state index is 12.6. The number of urea groups is 1. The van der Waals surface area contributed by atoms with Crippen LogP contribution in [-0.4, -0.2) is 24.2 Å². The molecule has 1 aliphatic carbocycles. The van der Waals surface area contributed by atoms with E-state index in [1.165, 1.54) is 32.1 Å². The Bertz CT molecular complexity index is 915. The minimum absolute atomic E-state index is 0.00438. The summed E-state index contributed by atoms with van der Waals surface area (Å²) in [4.78, 5) is 29.3. The van der Waals surface area contributed by atoms with Gasteiger partial charge in [0, 0.05) is 24.1 Å². The summed E-state index contributed by atoms with van der Waals surface area (Å²) >= 11 is 0. The second kappa shape index (κ2) is 9.03. The number of ketones is 1. The molecule has 0 spiro atoms. The molecule has 1 fully saturated rings. The van der Waals surface area contributed by atoms with Gasteiger partial charge in [0.2, 0.25) is 0 Å². The molecule has 2 N–H and O–H groups in total. The van der Waals surface area contributed by atoms with Crippen molar-refractivity contribution in [1.82, 2.24) is 10.6 Å². The van der Waals surface area contributed by atoms with E-state index in [2.05, 4.69) is 15.6 Å². The van der Waals surface area contributed by atoms with Gasteiger partial charge in [0.05, 0.1) is 5.69 Å². The van der Waals surface area contributed by atoms with Crippen molar-refractivity contribution in [2.75, 3.05) is 6.54 Å².